The molecule has 190 valence electrons. The Balaban J connectivity index is 1.42. The molecule has 2 N–H and O–H groups in total. The van der Waals surface area contributed by atoms with Gasteiger partial charge in [0.15, 0.2) is 0 Å². The van der Waals surface area contributed by atoms with Gasteiger partial charge in [0.2, 0.25) is 0 Å². The molecule has 6 rings (SSSR count). The van der Waals surface area contributed by atoms with E-state index in [-0.39, 0.29) is 17.0 Å². The summed E-state index contributed by atoms with van der Waals surface area (Å²) in [5.41, 5.74) is 5.82. The van der Waals surface area contributed by atoms with E-state index in [1.165, 1.54) is 48.9 Å². The number of nitro groups is 1. The molecule has 1 heterocycles. The van der Waals surface area contributed by atoms with Crippen LogP contribution in [0, 0.1) is 16.0 Å². The number of carbonyl (C=O) groups excluding carboxylic acids is 1. The first-order valence-corrected chi connectivity index (χ1v) is 13.5. The summed E-state index contributed by atoms with van der Waals surface area (Å²) in [5, 5.41) is 19.0. The van der Waals surface area contributed by atoms with Gasteiger partial charge in [-0.05, 0) is 84.2 Å². The molecular weight excluding hydrogens is 486 g/mol. The summed E-state index contributed by atoms with van der Waals surface area (Å²) in [6.45, 7) is 1.35. The van der Waals surface area contributed by atoms with E-state index in [9.17, 15) is 14.9 Å². The predicted octanol–water partition coefficient (Wildman–Crippen LogP) is 6.19. The van der Waals surface area contributed by atoms with Crippen molar-refractivity contribution in [1.29, 1.82) is 0 Å². The molecule has 3 aromatic rings. The molecule has 1 amide bonds. The van der Waals surface area contributed by atoms with Crippen molar-refractivity contribution in [1.82, 2.24) is 10.6 Å². The highest BCUT2D eigenvalue weighted by Crippen LogP contribution is 2.55. The Morgan fingerprint density at radius 2 is 1.92 bits per heavy atom. The molecule has 2 bridgehead atoms. The standard InChI is InChI=1S/C30H30ClN3O3/c31-20-9-7-19(8-10-20)18-33-29(35)25-16-21(34(36)37)11-12-23(25)22-4-3-6-26-24(22)17-28-27-5-1-2-13-30(26,27)14-15-32-28/h3-4,6-12,16,27-28,32H,1-2,5,13-15,17-18H2,(H,33,35)/t27-,28+,30-/m0/s1. The van der Waals surface area contributed by atoms with E-state index in [0.717, 1.165) is 36.1 Å². The summed E-state index contributed by atoms with van der Waals surface area (Å²) in [5.74, 6) is 0.325. The Labute approximate surface area is 221 Å². The number of nitrogens with one attached hydrogen (secondary N) is 2. The zero-order valence-electron chi connectivity index (χ0n) is 20.6. The van der Waals surface area contributed by atoms with Crippen molar-refractivity contribution in [3.8, 4) is 11.1 Å². The second-order valence-corrected chi connectivity index (χ2v) is 11.1. The van der Waals surface area contributed by atoms with Gasteiger partial charge in [-0.1, -0.05) is 54.8 Å². The van der Waals surface area contributed by atoms with Crippen LogP contribution in [-0.4, -0.2) is 23.4 Å². The Morgan fingerprint density at radius 1 is 1.08 bits per heavy atom. The molecule has 0 spiro atoms. The molecule has 3 aromatic carbocycles. The van der Waals surface area contributed by atoms with Crippen molar-refractivity contribution >= 4 is 23.2 Å². The van der Waals surface area contributed by atoms with Crippen LogP contribution in [0.5, 0.6) is 0 Å². The van der Waals surface area contributed by atoms with E-state index in [1.807, 2.05) is 12.1 Å². The van der Waals surface area contributed by atoms with Gasteiger partial charge in [0.05, 0.1) is 10.5 Å². The highest BCUT2D eigenvalue weighted by atomic mass is 35.5. The summed E-state index contributed by atoms with van der Waals surface area (Å²) in [4.78, 5) is 24.6. The van der Waals surface area contributed by atoms with Gasteiger partial charge >= 0.3 is 0 Å². The van der Waals surface area contributed by atoms with Crippen LogP contribution in [-0.2, 0) is 18.4 Å². The molecular formula is C30H30ClN3O3. The van der Waals surface area contributed by atoms with Crippen LogP contribution >= 0.6 is 11.6 Å². The van der Waals surface area contributed by atoms with Gasteiger partial charge < -0.3 is 10.6 Å². The number of non-ortho nitro benzene ring substituents is 1. The van der Waals surface area contributed by atoms with E-state index in [2.05, 4.69) is 28.8 Å². The van der Waals surface area contributed by atoms with Crippen LogP contribution in [0.4, 0.5) is 5.69 Å². The van der Waals surface area contributed by atoms with Crippen molar-refractivity contribution < 1.29 is 9.72 Å². The number of hydrogen-bond donors (Lipinski definition) is 2. The molecule has 37 heavy (non-hydrogen) atoms. The van der Waals surface area contributed by atoms with Crippen LogP contribution in [0.1, 0.15) is 59.2 Å². The average Bonchev–Trinajstić information content (AvgIpc) is 2.92. The quantitative estimate of drug-likeness (QED) is 0.313. The number of amides is 1. The number of benzene rings is 3. The van der Waals surface area contributed by atoms with Gasteiger partial charge in [0.1, 0.15) is 0 Å². The van der Waals surface area contributed by atoms with Crippen LogP contribution in [0.2, 0.25) is 5.02 Å². The zero-order valence-corrected chi connectivity index (χ0v) is 21.4. The fraction of sp³-hybridized carbons (Fsp3) is 0.367. The van der Waals surface area contributed by atoms with Crippen molar-refractivity contribution in [2.24, 2.45) is 5.92 Å². The van der Waals surface area contributed by atoms with Crippen molar-refractivity contribution in [2.45, 2.75) is 56.5 Å². The minimum Gasteiger partial charge on any atom is -0.348 e. The minimum atomic E-state index is -0.444. The lowest BCUT2D eigenvalue weighted by molar-refractivity contribution is -0.384. The molecule has 0 aromatic heterocycles. The van der Waals surface area contributed by atoms with Crippen molar-refractivity contribution in [3.05, 3.63) is 98.1 Å². The molecule has 2 aliphatic carbocycles. The van der Waals surface area contributed by atoms with Gasteiger partial charge in [0, 0.05) is 35.2 Å². The second kappa shape index (κ2) is 9.58. The van der Waals surface area contributed by atoms with Crippen LogP contribution in [0.3, 0.4) is 0 Å². The molecule has 0 radical (unpaired) electrons. The van der Waals surface area contributed by atoms with Gasteiger partial charge in [-0.2, -0.15) is 0 Å². The minimum absolute atomic E-state index is 0.0883. The Bertz CT molecular complexity index is 1370. The van der Waals surface area contributed by atoms with Gasteiger partial charge in [-0.3, -0.25) is 14.9 Å². The predicted molar refractivity (Wildman–Crippen MR) is 145 cm³/mol. The molecule has 6 nitrogen and oxygen atoms in total. The Morgan fingerprint density at radius 3 is 2.73 bits per heavy atom. The van der Waals surface area contributed by atoms with Gasteiger partial charge in [-0.15, -0.1) is 0 Å². The van der Waals surface area contributed by atoms with E-state index < -0.39 is 4.92 Å². The molecule has 1 aliphatic heterocycles. The summed E-state index contributed by atoms with van der Waals surface area (Å²) in [7, 11) is 0. The van der Waals surface area contributed by atoms with E-state index in [1.54, 1.807) is 18.2 Å². The van der Waals surface area contributed by atoms with Crippen molar-refractivity contribution in [2.75, 3.05) is 6.54 Å². The van der Waals surface area contributed by atoms with Crippen molar-refractivity contribution in [3.63, 3.8) is 0 Å². The van der Waals surface area contributed by atoms with Crippen LogP contribution < -0.4 is 10.6 Å². The van der Waals surface area contributed by atoms with Gasteiger partial charge in [-0.25, -0.2) is 0 Å². The SMILES string of the molecule is O=C(NCc1ccc(Cl)cc1)c1cc([N+](=O)[O-])ccc1-c1cccc2c1C[C@H]1NCC[C@@]23CCCC[C@@H]13. The Hall–Kier alpha value is -3.22. The third kappa shape index (κ3) is 4.22. The zero-order chi connectivity index (χ0) is 25.6. The lowest BCUT2D eigenvalue weighted by Crippen LogP contribution is -2.59. The lowest BCUT2D eigenvalue weighted by Gasteiger charge is -2.56. The fourth-order valence-corrected chi connectivity index (χ4v) is 7.29. The highest BCUT2D eigenvalue weighted by Gasteiger charge is 2.51. The number of piperidine rings is 1. The number of hydrogen-bond acceptors (Lipinski definition) is 4. The maximum absolute atomic E-state index is 13.5. The maximum atomic E-state index is 13.5. The number of fused-ring (bicyclic) bond motifs is 1. The highest BCUT2D eigenvalue weighted by molar-refractivity contribution is 6.30. The van der Waals surface area contributed by atoms with Crippen LogP contribution in [0.15, 0.2) is 60.7 Å². The van der Waals surface area contributed by atoms with E-state index >= 15 is 0 Å². The molecule has 1 saturated heterocycles. The maximum Gasteiger partial charge on any atom is 0.270 e. The largest absolute Gasteiger partial charge is 0.348 e. The average molecular weight is 516 g/mol. The molecule has 0 unspecified atom stereocenters. The number of halogens is 1. The first-order chi connectivity index (χ1) is 18.0. The second-order valence-electron chi connectivity index (χ2n) is 10.7. The summed E-state index contributed by atoms with van der Waals surface area (Å²) < 4.78 is 0. The summed E-state index contributed by atoms with van der Waals surface area (Å²) in [6, 6.07) is 18.9. The summed E-state index contributed by atoms with van der Waals surface area (Å²) >= 11 is 5.99. The number of rotatable bonds is 5. The third-order valence-electron chi connectivity index (χ3n) is 8.81. The molecule has 3 aliphatic rings. The number of nitrogens with zero attached hydrogens (tertiary/aromatic N) is 1. The Kier molecular flexibility index (Phi) is 6.25. The third-order valence-corrected chi connectivity index (χ3v) is 9.06. The number of carbonyl (C=O) groups is 1. The molecule has 2 fully saturated rings. The normalized spacial score (nSPS) is 24.0. The lowest BCUT2D eigenvalue weighted by atomic mass is 9.52. The topological polar surface area (TPSA) is 84.3 Å². The first-order valence-electron chi connectivity index (χ1n) is 13.1. The molecule has 1 saturated carbocycles. The monoisotopic (exact) mass is 515 g/mol. The van der Waals surface area contributed by atoms with E-state index in [4.69, 9.17) is 11.6 Å². The van der Waals surface area contributed by atoms with Crippen LogP contribution in [0.25, 0.3) is 11.1 Å². The van der Waals surface area contributed by atoms with E-state index in [0.29, 0.717) is 29.1 Å². The first kappa shape index (κ1) is 24.1. The number of nitro benzene ring substituents is 1. The smallest absolute Gasteiger partial charge is 0.270 e. The molecule has 7 heteroatoms. The summed E-state index contributed by atoms with van der Waals surface area (Å²) in [6.07, 6.45) is 7.07. The fourth-order valence-electron chi connectivity index (χ4n) is 7.16. The molecule has 3 atom stereocenters. The van der Waals surface area contributed by atoms with Gasteiger partial charge in [0.25, 0.3) is 11.6 Å².